The van der Waals surface area contributed by atoms with Gasteiger partial charge in [-0.3, -0.25) is 14.6 Å². The Bertz CT molecular complexity index is 749. The number of nitrogens with zero attached hydrogens (tertiary/aromatic N) is 2. The lowest BCUT2D eigenvalue weighted by Gasteiger charge is -2.36. The molecule has 3 N–H and O–H groups in total. The molecule has 1 fully saturated rings. The van der Waals surface area contributed by atoms with E-state index in [0.29, 0.717) is 31.7 Å². The summed E-state index contributed by atoms with van der Waals surface area (Å²) in [5.41, 5.74) is 6.39. The Morgan fingerprint density at radius 3 is 2.58 bits per heavy atom. The van der Waals surface area contributed by atoms with Crippen molar-refractivity contribution >= 4 is 17.5 Å². The maximum atomic E-state index is 11.4. The standard InChI is InChI=1S/C24H36ClN3O3/c1-4-19(24(26)30)15-22(29)17-28-13-11-27(12-14-28)16-18(3)31-23(5-2)20-7-6-8-21(25)10-9-20/h5,7-10,19,22,29H,3-4,6,11-17H2,1-2H3,(H2,26,30)/b23-5-/t19-,22+/m1/s1. The van der Waals surface area contributed by atoms with Crippen LogP contribution in [0.15, 0.2) is 59.1 Å². The molecule has 0 unspecified atom stereocenters. The smallest absolute Gasteiger partial charge is 0.220 e. The van der Waals surface area contributed by atoms with Crippen molar-refractivity contribution in [3.63, 3.8) is 0 Å². The highest BCUT2D eigenvalue weighted by Crippen LogP contribution is 2.22. The third-order valence-corrected chi connectivity index (χ3v) is 5.94. The molecule has 0 bridgehead atoms. The van der Waals surface area contributed by atoms with Crippen molar-refractivity contribution in [3.8, 4) is 0 Å². The van der Waals surface area contributed by atoms with E-state index in [2.05, 4.69) is 22.5 Å². The Morgan fingerprint density at radius 1 is 1.29 bits per heavy atom. The summed E-state index contributed by atoms with van der Waals surface area (Å²) in [6, 6.07) is 0. The Hall–Kier alpha value is -1.86. The third-order valence-electron chi connectivity index (χ3n) is 5.66. The van der Waals surface area contributed by atoms with E-state index in [1.54, 1.807) is 0 Å². The topological polar surface area (TPSA) is 79.0 Å². The van der Waals surface area contributed by atoms with E-state index in [1.807, 2.05) is 38.2 Å². The summed E-state index contributed by atoms with van der Waals surface area (Å²) < 4.78 is 6.04. The molecule has 6 nitrogen and oxygen atoms in total. The number of aliphatic hydroxyl groups is 1. The second-order valence-corrected chi connectivity index (χ2v) is 8.52. The van der Waals surface area contributed by atoms with Crippen molar-refractivity contribution in [2.24, 2.45) is 11.7 Å². The first-order chi connectivity index (χ1) is 14.8. The number of nitrogens with two attached hydrogens (primary N) is 1. The quantitative estimate of drug-likeness (QED) is 0.473. The first-order valence-corrected chi connectivity index (χ1v) is 11.4. The highest BCUT2D eigenvalue weighted by Gasteiger charge is 2.23. The van der Waals surface area contributed by atoms with Gasteiger partial charge in [0.15, 0.2) is 0 Å². The molecule has 1 aliphatic heterocycles. The van der Waals surface area contributed by atoms with Gasteiger partial charge >= 0.3 is 0 Å². The number of halogens is 1. The van der Waals surface area contributed by atoms with Gasteiger partial charge in [0.25, 0.3) is 0 Å². The van der Waals surface area contributed by atoms with E-state index in [-0.39, 0.29) is 11.8 Å². The van der Waals surface area contributed by atoms with Gasteiger partial charge in [-0.1, -0.05) is 43.3 Å². The Morgan fingerprint density at radius 2 is 1.97 bits per heavy atom. The molecule has 1 amide bonds. The second-order valence-electron chi connectivity index (χ2n) is 8.08. The number of ether oxygens (including phenoxy) is 1. The summed E-state index contributed by atoms with van der Waals surface area (Å²) in [6.07, 6.45) is 11.1. The number of carbonyl (C=O) groups is 1. The highest BCUT2D eigenvalue weighted by molar-refractivity contribution is 6.31. The van der Waals surface area contributed by atoms with Gasteiger partial charge in [0, 0.05) is 49.2 Å². The summed E-state index contributed by atoms with van der Waals surface area (Å²) in [5, 5.41) is 11.0. The van der Waals surface area contributed by atoms with Gasteiger partial charge in [0.2, 0.25) is 5.91 Å². The van der Waals surface area contributed by atoms with Crippen molar-refractivity contribution in [1.82, 2.24) is 9.80 Å². The van der Waals surface area contributed by atoms with E-state index in [4.69, 9.17) is 22.1 Å². The number of primary amides is 1. The van der Waals surface area contributed by atoms with Crippen LogP contribution in [-0.4, -0.2) is 66.2 Å². The normalized spacial score (nSPS) is 20.5. The molecule has 1 heterocycles. The molecule has 7 heteroatoms. The van der Waals surface area contributed by atoms with Gasteiger partial charge in [-0.05, 0) is 38.3 Å². The predicted molar refractivity (Wildman–Crippen MR) is 126 cm³/mol. The van der Waals surface area contributed by atoms with Crippen LogP contribution < -0.4 is 5.73 Å². The first kappa shape index (κ1) is 25.4. The molecule has 0 radical (unpaired) electrons. The van der Waals surface area contributed by atoms with E-state index >= 15 is 0 Å². The molecule has 0 aromatic heterocycles. The fourth-order valence-electron chi connectivity index (χ4n) is 3.82. The fraction of sp³-hybridized carbons (Fsp3) is 0.542. The maximum absolute atomic E-state index is 11.4. The molecule has 0 aromatic carbocycles. The molecule has 172 valence electrons. The number of rotatable bonds is 11. The number of piperazine rings is 1. The zero-order chi connectivity index (χ0) is 22.8. The predicted octanol–water partition coefficient (Wildman–Crippen LogP) is 3.31. The number of carbonyl (C=O) groups excluding carboxylic acids is 1. The lowest BCUT2D eigenvalue weighted by molar-refractivity contribution is -0.123. The average molecular weight is 450 g/mol. The summed E-state index contributed by atoms with van der Waals surface area (Å²) in [6.45, 7) is 12.6. The Kier molecular flexibility index (Phi) is 10.5. The third kappa shape index (κ3) is 8.65. The van der Waals surface area contributed by atoms with Crippen molar-refractivity contribution in [1.29, 1.82) is 0 Å². The number of aliphatic hydroxyl groups excluding tert-OH is 1. The largest absolute Gasteiger partial charge is 0.461 e. The first-order valence-electron chi connectivity index (χ1n) is 11.0. The van der Waals surface area contributed by atoms with Crippen LogP contribution in [0.2, 0.25) is 0 Å². The molecule has 2 rings (SSSR count). The van der Waals surface area contributed by atoms with Crippen LogP contribution in [0.4, 0.5) is 0 Å². The molecule has 31 heavy (non-hydrogen) atoms. The summed E-state index contributed by atoms with van der Waals surface area (Å²) in [4.78, 5) is 15.9. The van der Waals surface area contributed by atoms with Crippen LogP contribution in [0.1, 0.15) is 33.1 Å². The zero-order valence-electron chi connectivity index (χ0n) is 18.7. The van der Waals surface area contributed by atoms with Crippen molar-refractivity contribution < 1.29 is 14.6 Å². The van der Waals surface area contributed by atoms with Gasteiger partial charge in [-0.25, -0.2) is 0 Å². The Balaban J connectivity index is 1.75. The average Bonchev–Trinajstić information content (AvgIpc) is 2.96. The lowest BCUT2D eigenvalue weighted by Crippen LogP contribution is -2.49. The van der Waals surface area contributed by atoms with E-state index in [1.165, 1.54) is 0 Å². The number of hydrogen-bond acceptors (Lipinski definition) is 5. The Labute approximate surface area is 191 Å². The minimum atomic E-state index is -0.538. The summed E-state index contributed by atoms with van der Waals surface area (Å²) in [7, 11) is 0. The second kappa shape index (κ2) is 12.9. The van der Waals surface area contributed by atoms with Crippen LogP contribution in [0.25, 0.3) is 0 Å². The molecule has 2 atom stereocenters. The van der Waals surface area contributed by atoms with E-state index in [9.17, 15) is 9.90 Å². The van der Waals surface area contributed by atoms with Gasteiger partial charge in [-0.2, -0.15) is 0 Å². The minimum absolute atomic E-state index is 0.261. The maximum Gasteiger partial charge on any atom is 0.220 e. The SMILES string of the molecule is C=C(CN1CCN(C[C@@H](O)C[C@@H](CC)C(N)=O)CC1)O/C(=C\C)C1=CCC=C(Cl)C=C1. The number of allylic oxidation sites excluding steroid dienone is 6. The molecule has 0 spiro atoms. The number of hydrogen-bond donors (Lipinski definition) is 2. The monoisotopic (exact) mass is 449 g/mol. The van der Waals surface area contributed by atoms with Crippen LogP contribution >= 0.6 is 11.6 Å². The van der Waals surface area contributed by atoms with E-state index < -0.39 is 6.10 Å². The molecular weight excluding hydrogens is 414 g/mol. The van der Waals surface area contributed by atoms with Crippen molar-refractivity contribution in [2.45, 2.75) is 39.2 Å². The van der Waals surface area contributed by atoms with E-state index in [0.717, 1.165) is 49.0 Å². The molecular formula is C24H36ClN3O3. The zero-order valence-corrected chi connectivity index (χ0v) is 19.5. The van der Waals surface area contributed by atoms with Gasteiger partial charge in [0.1, 0.15) is 11.5 Å². The number of β-amino-alcohol motifs (C(OH)–C–C–N with tert-alkyl or cyclic N) is 1. The van der Waals surface area contributed by atoms with Crippen molar-refractivity contribution in [2.75, 3.05) is 39.3 Å². The molecule has 1 saturated heterocycles. The molecule has 1 aliphatic carbocycles. The fourth-order valence-corrected chi connectivity index (χ4v) is 3.98. The van der Waals surface area contributed by atoms with Crippen molar-refractivity contribution in [3.05, 3.63) is 59.1 Å². The van der Waals surface area contributed by atoms with Crippen LogP contribution in [0, 0.1) is 5.92 Å². The lowest BCUT2D eigenvalue weighted by atomic mass is 9.98. The van der Waals surface area contributed by atoms with Crippen LogP contribution in [-0.2, 0) is 9.53 Å². The molecule has 0 saturated carbocycles. The minimum Gasteiger partial charge on any atom is -0.461 e. The highest BCUT2D eigenvalue weighted by atomic mass is 35.5. The molecule has 2 aliphatic rings. The summed E-state index contributed by atoms with van der Waals surface area (Å²) >= 11 is 6.07. The van der Waals surface area contributed by atoms with Gasteiger partial charge in [-0.15, -0.1) is 0 Å². The number of amides is 1. The van der Waals surface area contributed by atoms with Gasteiger partial charge in [0.05, 0.1) is 12.6 Å². The van der Waals surface area contributed by atoms with Crippen LogP contribution in [0.3, 0.4) is 0 Å². The van der Waals surface area contributed by atoms with Gasteiger partial charge < -0.3 is 15.6 Å². The summed E-state index contributed by atoms with van der Waals surface area (Å²) in [5.74, 6) is 0.886. The van der Waals surface area contributed by atoms with Crippen LogP contribution in [0.5, 0.6) is 0 Å². The molecule has 0 aromatic rings.